The van der Waals surface area contributed by atoms with Crippen LogP contribution in [0.3, 0.4) is 0 Å². The summed E-state index contributed by atoms with van der Waals surface area (Å²) in [4.78, 5) is 0. The van der Waals surface area contributed by atoms with Gasteiger partial charge in [-0.15, -0.1) is 0 Å². The summed E-state index contributed by atoms with van der Waals surface area (Å²) >= 11 is -2.18. The number of aryl methyl sites for hydroxylation is 6. The molecule has 0 heterocycles. The molecule has 0 saturated carbocycles. The summed E-state index contributed by atoms with van der Waals surface area (Å²) in [5.74, 6) is 0. The monoisotopic (exact) mass is 688 g/mol. The Balaban J connectivity index is 0.00000217. The van der Waals surface area contributed by atoms with E-state index in [0.717, 1.165) is 12.8 Å². The second kappa shape index (κ2) is 14.1. The molecule has 47 heavy (non-hydrogen) atoms. The van der Waals surface area contributed by atoms with Gasteiger partial charge in [0.1, 0.15) is 0 Å². The minimum Gasteiger partial charge on any atom is -1.00 e. The van der Waals surface area contributed by atoms with E-state index in [1.54, 1.807) is 17.1 Å². The van der Waals surface area contributed by atoms with Crippen molar-refractivity contribution >= 4 is 7.68 Å². The van der Waals surface area contributed by atoms with Gasteiger partial charge >= 0.3 is 277 Å². The van der Waals surface area contributed by atoms with Crippen molar-refractivity contribution < 1.29 is 42.2 Å². The van der Waals surface area contributed by atoms with E-state index >= 15 is 0 Å². The van der Waals surface area contributed by atoms with Crippen LogP contribution in [0.1, 0.15) is 63.4 Å². The van der Waals surface area contributed by atoms with Crippen LogP contribution < -0.4 is 28.7 Å². The minimum absolute atomic E-state index is 0. The molecule has 2 aliphatic carbocycles. The Labute approximate surface area is 299 Å². The van der Waals surface area contributed by atoms with Crippen LogP contribution in [0.15, 0.2) is 107 Å². The van der Waals surface area contributed by atoms with Crippen LogP contribution in [0, 0.1) is 41.5 Å². The first-order chi connectivity index (χ1) is 21.7. The smallest absolute Gasteiger partial charge is 1.00 e. The number of hydrogen-bond donors (Lipinski definition) is 0. The molecule has 0 unspecified atom stereocenters. The minimum atomic E-state index is -2.18. The van der Waals surface area contributed by atoms with Gasteiger partial charge in [0.05, 0.1) is 0 Å². The Morgan fingerprint density at radius 3 is 1.79 bits per heavy atom. The number of benzene rings is 5. The number of fused-ring (bicyclic) bond motifs is 3. The topological polar surface area (TPSA) is 0 Å². The van der Waals surface area contributed by atoms with Gasteiger partial charge in [0.2, 0.25) is 0 Å². The number of rotatable bonds is 5. The molecule has 0 bridgehead atoms. The van der Waals surface area contributed by atoms with E-state index < -0.39 is 17.4 Å². The zero-order valence-electron chi connectivity index (χ0n) is 28.5. The fourth-order valence-corrected chi connectivity index (χ4v) is 13.2. The van der Waals surface area contributed by atoms with Crippen LogP contribution in [-0.2, 0) is 23.8 Å². The SMILES string of the molecule is C/[C](c1ccccc1)=[Ti+2](\[C]1=CC=CC1)[c]1c(-c2c(C)cc(C)cc2C)ccc2c1Cc1cc(-c3c(C)cc(C)cc3C)ccc1-2.[Cl-].[Cl-]. The van der Waals surface area contributed by atoms with Crippen molar-refractivity contribution in [1.29, 1.82) is 0 Å². The zero-order chi connectivity index (χ0) is 31.4. The number of hydrogen-bond acceptors (Lipinski definition) is 0. The predicted octanol–water partition coefficient (Wildman–Crippen LogP) is 4.78. The zero-order valence-corrected chi connectivity index (χ0v) is 31.6. The van der Waals surface area contributed by atoms with Crippen molar-refractivity contribution in [3.8, 4) is 33.4 Å². The molecule has 0 amide bonds. The molecule has 2 aliphatic rings. The molecule has 0 nitrogen and oxygen atoms in total. The molecule has 0 radical (unpaired) electrons. The Morgan fingerprint density at radius 2 is 1.19 bits per heavy atom. The van der Waals surface area contributed by atoms with Crippen LogP contribution in [0.4, 0.5) is 0 Å². The van der Waals surface area contributed by atoms with Crippen molar-refractivity contribution in [2.45, 2.75) is 61.3 Å². The van der Waals surface area contributed by atoms with E-state index in [1.807, 2.05) is 0 Å². The van der Waals surface area contributed by atoms with Gasteiger partial charge in [-0.3, -0.25) is 0 Å². The predicted molar refractivity (Wildman–Crippen MR) is 192 cm³/mol. The summed E-state index contributed by atoms with van der Waals surface area (Å²) in [7, 11) is 0. The third-order valence-electron chi connectivity index (χ3n) is 9.91. The Kier molecular flexibility index (Phi) is 10.5. The molecule has 7 rings (SSSR count). The van der Waals surface area contributed by atoms with Crippen LogP contribution in [0.2, 0.25) is 0 Å². The molecule has 3 heteroatoms. The van der Waals surface area contributed by atoms with Gasteiger partial charge in [0.15, 0.2) is 0 Å². The second-order valence-electron chi connectivity index (χ2n) is 13.3. The van der Waals surface area contributed by atoms with Gasteiger partial charge < -0.3 is 24.8 Å². The molecule has 0 spiro atoms. The van der Waals surface area contributed by atoms with Crippen molar-refractivity contribution in [3.63, 3.8) is 0 Å². The van der Waals surface area contributed by atoms with E-state index in [1.165, 1.54) is 77.9 Å². The Hall–Kier alpha value is -3.26. The van der Waals surface area contributed by atoms with Crippen molar-refractivity contribution in [1.82, 2.24) is 0 Å². The van der Waals surface area contributed by atoms with Crippen LogP contribution in [0.25, 0.3) is 33.4 Å². The molecule has 5 aromatic carbocycles. The molecule has 0 aliphatic heterocycles. The quantitative estimate of drug-likeness (QED) is 0.229. The van der Waals surface area contributed by atoms with E-state index in [9.17, 15) is 0 Å². The molecular weight excluding hydrogens is 647 g/mol. The van der Waals surface area contributed by atoms with Gasteiger partial charge in [0.25, 0.3) is 0 Å². The number of halogens is 2. The van der Waals surface area contributed by atoms with E-state index in [-0.39, 0.29) is 24.8 Å². The second-order valence-corrected chi connectivity index (χ2v) is 17.4. The summed E-state index contributed by atoms with van der Waals surface area (Å²) in [5, 5.41) is 0. The summed E-state index contributed by atoms with van der Waals surface area (Å²) < 4.78 is 4.89. The molecule has 236 valence electrons. The Bertz CT molecular complexity index is 2070. The van der Waals surface area contributed by atoms with E-state index in [0.29, 0.717) is 0 Å². The maximum Gasteiger partial charge on any atom is -1.00 e. The summed E-state index contributed by atoms with van der Waals surface area (Å²) in [6, 6.07) is 32.8. The third kappa shape index (κ3) is 6.35. The summed E-state index contributed by atoms with van der Waals surface area (Å²) in [5.41, 5.74) is 21.0. The van der Waals surface area contributed by atoms with Crippen molar-refractivity contribution in [3.05, 3.63) is 157 Å². The molecule has 0 N–H and O–H groups in total. The molecule has 0 saturated heterocycles. The van der Waals surface area contributed by atoms with Gasteiger partial charge in [-0.05, 0) is 0 Å². The molecule has 0 fully saturated rings. The van der Waals surface area contributed by atoms with E-state index in [2.05, 4.69) is 152 Å². The molecular formula is C44H42Cl2Ti. The maximum atomic E-state index is 2.50. The normalized spacial score (nSPS) is 12.9. The maximum absolute atomic E-state index is 2.50. The van der Waals surface area contributed by atoms with Gasteiger partial charge in [-0.2, -0.15) is 0 Å². The average Bonchev–Trinajstić information content (AvgIpc) is 3.65. The molecule has 0 atom stereocenters. The largest absolute Gasteiger partial charge is 1.00 e. The Morgan fingerprint density at radius 1 is 0.617 bits per heavy atom. The van der Waals surface area contributed by atoms with E-state index in [4.69, 9.17) is 0 Å². The standard InChI is InChI=1S/C31H29.C8H8.C5H5.2ClH.Ti/c1-18-11-20(3)30(21(4)12-18)24-7-9-28-26(15-24)17-27-16-25(8-10-29(27)28)31-22(5)13-19(2)14-23(31)6;1-2-8-6-4-3-5-7-8;1-2-4-5-3-1;;;/h7-15H,17H2,1-6H3;3-7H,1H3;1-3H,4H2;2*1H;/q;;;;;+2/p-2. The fourth-order valence-electron chi connectivity index (χ4n) is 8.22. The summed E-state index contributed by atoms with van der Waals surface area (Å²) in [6.07, 6.45) is 9.16. The first-order valence-corrected chi connectivity index (χ1v) is 18.6. The van der Waals surface area contributed by atoms with Crippen molar-refractivity contribution in [2.24, 2.45) is 0 Å². The first kappa shape index (κ1) is 35.1. The molecule has 5 aromatic rings. The fraction of sp³-hybridized carbons (Fsp3) is 0.205. The summed E-state index contributed by atoms with van der Waals surface area (Å²) in [6.45, 7) is 16.0. The van der Waals surface area contributed by atoms with Gasteiger partial charge in [-0.1, -0.05) is 0 Å². The average molecular weight is 690 g/mol. The van der Waals surface area contributed by atoms with Gasteiger partial charge in [-0.25, -0.2) is 0 Å². The van der Waals surface area contributed by atoms with Crippen LogP contribution in [-0.4, -0.2) is 3.81 Å². The van der Waals surface area contributed by atoms with Crippen LogP contribution in [0.5, 0.6) is 0 Å². The first-order valence-electron chi connectivity index (χ1n) is 16.3. The number of allylic oxidation sites excluding steroid dienone is 4. The van der Waals surface area contributed by atoms with Crippen LogP contribution >= 0.6 is 0 Å². The third-order valence-corrected chi connectivity index (χ3v) is 14.8. The van der Waals surface area contributed by atoms with Gasteiger partial charge in [0, 0.05) is 0 Å². The molecule has 0 aromatic heterocycles. The van der Waals surface area contributed by atoms with Crippen molar-refractivity contribution in [2.75, 3.05) is 0 Å².